The van der Waals surface area contributed by atoms with Gasteiger partial charge in [0, 0.05) is 18.7 Å². The van der Waals surface area contributed by atoms with Crippen molar-refractivity contribution in [2.45, 2.75) is 45.3 Å². The first-order chi connectivity index (χ1) is 15.4. The Hall–Kier alpha value is -3.12. The van der Waals surface area contributed by atoms with Crippen molar-refractivity contribution >= 4 is 17.4 Å². The van der Waals surface area contributed by atoms with Crippen molar-refractivity contribution in [3.63, 3.8) is 0 Å². The van der Waals surface area contributed by atoms with Crippen LogP contribution < -0.4 is 4.74 Å². The second-order valence-electron chi connectivity index (χ2n) is 8.37. The van der Waals surface area contributed by atoms with E-state index in [0.717, 1.165) is 36.0 Å². The molecule has 2 saturated heterocycles. The monoisotopic (exact) mass is 435 g/mol. The molecular formula is C26H29NO5. The van der Waals surface area contributed by atoms with E-state index in [-0.39, 0.29) is 17.4 Å². The fraction of sp³-hybridized carbons (Fsp3) is 0.385. The normalized spacial score (nSPS) is 22.5. The van der Waals surface area contributed by atoms with E-state index in [2.05, 4.69) is 6.92 Å². The van der Waals surface area contributed by atoms with Gasteiger partial charge in [-0.15, -0.1) is 0 Å². The van der Waals surface area contributed by atoms with E-state index in [1.165, 1.54) is 0 Å². The Labute approximate surface area is 188 Å². The highest BCUT2D eigenvalue weighted by Gasteiger charge is 2.47. The molecule has 168 valence electrons. The number of hydrogen-bond acceptors (Lipinski definition) is 5. The molecule has 2 aromatic rings. The summed E-state index contributed by atoms with van der Waals surface area (Å²) in [4.78, 5) is 27.8. The average Bonchev–Trinajstić information content (AvgIpc) is 3.41. The molecule has 6 nitrogen and oxygen atoms in total. The lowest BCUT2D eigenvalue weighted by Gasteiger charge is -2.27. The van der Waals surface area contributed by atoms with Crippen LogP contribution in [0.5, 0.6) is 5.75 Å². The Morgan fingerprint density at radius 1 is 1.19 bits per heavy atom. The number of ether oxygens (including phenoxy) is 2. The molecule has 0 saturated carbocycles. The SMILES string of the molecule is CCc1ccc(C2/C(=C(/O)c3ccc(OC)c(C)c3)C(=O)C(=O)N2CC2CCCO2)cc1. The number of benzene rings is 2. The van der Waals surface area contributed by atoms with E-state index in [0.29, 0.717) is 24.5 Å². The van der Waals surface area contributed by atoms with Crippen molar-refractivity contribution in [3.05, 3.63) is 70.3 Å². The number of Topliss-reactive ketones (excluding diaryl/α,β-unsaturated/α-hetero) is 1. The van der Waals surface area contributed by atoms with Crippen molar-refractivity contribution in [3.8, 4) is 5.75 Å². The first-order valence-electron chi connectivity index (χ1n) is 11.1. The van der Waals surface area contributed by atoms with Gasteiger partial charge in [0.05, 0.1) is 24.8 Å². The number of methoxy groups -OCH3 is 1. The minimum atomic E-state index is -0.668. The van der Waals surface area contributed by atoms with Gasteiger partial charge in [0.25, 0.3) is 11.7 Å². The number of hydrogen-bond donors (Lipinski definition) is 1. The molecule has 2 aromatic carbocycles. The van der Waals surface area contributed by atoms with Gasteiger partial charge < -0.3 is 19.5 Å². The van der Waals surface area contributed by atoms with Gasteiger partial charge in [0.2, 0.25) is 0 Å². The lowest BCUT2D eigenvalue weighted by atomic mass is 9.94. The lowest BCUT2D eigenvalue weighted by molar-refractivity contribution is -0.140. The second kappa shape index (κ2) is 9.17. The molecule has 1 N–H and O–H groups in total. The second-order valence-corrected chi connectivity index (χ2v) is 8.37. The molecule has 0 radical (unpaired) electrons. The molecule has 2 fully saturated rings. The summed E-state index contributed by atoms with van der Waals surface area (Å²) in [6, 6.07) is 12.4. The molecule has 0 bridgehead atoms. The van der Waals surface area contributed by atoms with Gasteiger partial charge >= 0.3 is 0 Å². The molecule has 32 heavy (non-hydrogen) atoms. The summed E-state index contributed by atoms with van der Waals surface area (Å²) in [5.41, 5.74) is 3.38. The molecule has 2 heterocycles. The van der Waals surface area contributed by atoms with E-state index in [9.17, 15) is 14.7 Å². The summed E-state index contributed by atoms with van der Waals surface area (Å²) in [7, 11) is 1.58. The van der Waals surface area contributed by atoms with Gasteiger partial charge in [0.15, 0.2) is 0 Å². The Balaban J connectivity index is 1.81. The number of rotatable bonds is 6. The Bertz CT molecular complexity index is 1050. The number of ketones is 1. The number of aliphatic hydroxyl groups is 1. The van der Waals surface area contributed by atoms with Gasteiger partial charge in [0.1, 0.15) is 11.5 Å². The fourth-order valence-corrected chi connectivity index (χ4v) is 4.54. The molecule has 0 aliphatic carbocycles. The fourth-order valence-electron chi connectivity index (χ4n) is 4.54. The number of carbonyl (C=O) groups excluding carboxylic acids is 2. The summed E-state index contributed by atoms with van der Waals surface area (Å²) >= 11 is 0. The molecule has 0 spiro atoms. The zero-order chi connectivity index (χ0) is 22.8. The van der Waals surface area contributed by atoms with Gasteiger partial charge in [-0.1, -0.05) is 31.2 Å². The number of aryl methyl sites for hydroxylation is 2. The average molecular weight is 436 g/mol. The predicted octanol–water partition coefficient (Wildman–Crippen LogP) is 4.17. The maximum Gasteiger partial charge on any atom is 0.295 e. The van der Waals surface area contributed by atoms with Crippen LogP contribution in [0.1, 0.15) is 48.1 Å². The molecule has 2 unspecified atom stereocenters. The van der Waals surface area contributed by atoms with Crippen LogP contribution in [0.4, 0.5) is 0 Å². The number of likely N-dealkylation sites (tertiary alicyclic amines) is 1. The number of nitrogens with zero attached hydrogens (tertiary/aromatic N) is 1. The minimum absolute atomic E-state index is 0.103. The zero-order valence-corrected chi connectivity index (χ0v) is 18.8. The molecule has 6 heteroatoms. The van der Waals surface area contributed by atoms with Crippen LogP contribution in [-0.2, 0) is 20.7 Å². The summed E-state index contributed by atoms with van der Waals surface area (Å²) < 4.78 is 11.0. The van der Waals surface area contributed by atoms with Crippen LogP contribution in [0.25, 0.3) is 5.76 Å². The van der Waals surface area contributed by atoms with Crippen LogP contribution in [0, 0.1) is 6.92 Å². The van der Waals surface area contributed by atoms with Crippen LogP contribution in [0.3, 0.4) is 0 Å². The summed E-state index contributed by atoms with van der Waals surface area (Å²) in [5, 5.41) is 11.2. The van der Waals surface area contributed by atoms with Crippen molar-refractivity contribution in [1.82, 2.24) is 4.90 Å². The largest absolute Gasteiger partial charge is 0.507 e. The van der Waals surface area contributed by atoms with Crippen molar-refractivity contribution in [1.29, 1.82) is 0 Å². The quantitative estimate of drug-likeness (QED) is 0.419. The van der Waals surface area contributed by atoms with Crippen molar-refractivity contribution in [2.75, 3.05) is 20.3 Å². The van der Waals surface area contributed by atoms with E-state index in [1.807, 2.05) is 31.2 Å². The maximum atomic E-state index is 13.1. The van der Waals surface area contributed by atoms with E-state index >= 15 is 0 Å². The topological polar surface area (TPSA) is 76.1 Å². The van der Waals surface area contributed by atoms with E-state index in [4.69, 9.17) is 9.47 Å². The van der Waals surface area contributed by atoms with Crippen LogP contribution in [0.15, 0.2) is 48.0 Å². The Kier molecular flexibility index (Phi) is 6.33. The van der Waals surface area contributed by atoms with Gasteiger partial charge in [-0.25, -0.2) is 0 Å². The molecular weight excluding hydrogens is 406 g/mol. The third-order valence-corrected chi connectivity index (χ3v) is 6.34. The highest BCUT2D eigenvalue weighted by Crippen LogP contribution is 2.40. The van der Waals surface area contributed by atoms with Gasteiger partial charge in [-0.3, -0.25) is 9.59 Å². The van der Waals surface area contributed by atoms with Crippen molar-refractivity contribution < 1.29 is 24.2 Å². The van der Waals surface area contributed by atoms with Gasteiger partial charge in [-0.05, 0) is 61.1 Å². The minimum Gasteiger partial charge on any atom is -0.507 e. The molecule has 2 aliphatic heterocycles. The molecule has 2 aliphatic rings. The number of carbonyl (C=O) groups is 2. The Morgan fingerprint density at radius 2 is 1.94 bits per heavy atom. The number of amides is 1. The first kappa shape index (κ1) is 22.1. The third kappa shape index (κ3) is 4.02. The predicted molar refractivity (Wildman–Crippen MR) is 122 cm³/mol. The number of aliphatic hydroxyl groups excluding tert-OH is 1. The third-order valence-electron chi connectivity index (χ3n) is 6.34. The van der Waals surface area contributed by atoms with Crippen LogP contribution in [-0.4, -0.2) is 48.1 Å². The molecule has 2 atom stereocenters. The Morgan fingerprint density at radius 3 is 2.53 bits per heavy atom. The summed E-state index contributed by atoms with van der Waals surface area (Å²) in [5.74, 6) is -0.754. The molecule has 1 amide bonds. The summed E-state index contributed by atoms with van der Waals surface area (Å²) in [6.07, 6.45) is 2.58. The van der Waals surface area contributed by atoms with Crippen LogP contribution in [0.2, 0.25) is 0 Å². The standard InChI is InChI=1S/C26H29NO5/c1-4-17-7-9-18(10-8-17)23-22(24(28)19-11-12-21(31-3)16(2)14-19)25(29)26(30)27(23)15-20-6-5-13-32-20/h7-12,14,20,23,28H,4-6,13,15H2,1-3H3/b24-22-. The maximum absolute atomic E-state index is 13.1. The van der Waals surface area contributed by atoms with Crippen LogP contribution >= 0.6 is 0 Å². The molecule has 0 aromatic heterocycles. The smallest absolute Gasteiger partial charge is 0.295 e. The van der Waals surface area contributed by atoms with Crippen molar-refractivity contribution in [2.24, 2.45) is 0 Å². The highest BCUT2D eigenvalue weighted by atomic mass is 16.5. The van der Waals surface area contributed by atoms with E-state index < -0.39 is 17.7 Å². The highest BCUT2D eigenvalue weighted by molar-refractivity contribution is 6.46. The zero-order valence-electron chi connectivity index (χ0n) is 18.8. The summed E-state index contributed by atoms with van der Waals surface area (Å²) in [6.45, 7) is 4.93. The lowest BCUT2D eigenvalue weighted by Crippen LogP contribution is -2.36. The first-order valence-corrected chi connectivity index (χ1v) is 11.1. The van der Waals surface area contributed by atoms with Gasteiger partial charge in [-0.2, -0.15) is 0 Å². The molecule has 4 rings (SSSR count). The van der Waals surface area contributed by atoms with E-state index in [1.54, 1.807) is 30.2 Å².